The first kappa shape index (κ1) is 19.7. The summed E-state index contributed by atoms with van der Waals surface area (Å²) < 4.78 is 0. The van der Waals surface area contributed by atoms with Gasteiger partial charge in [-0.2, -0.15) is 0 Å². The van der Waals surface area contributed by atoms with Crippen molar-refractivity contribution in [3.63, 3.8) is 0 Å². The van der Waals surface area contributed by atoms with Crippen LogP contribution >= 0.6 is 0 Å². The van der Waals surface area contributed by atoms with E-state index in [1.54, 1.807) is 0 Å². The van der Waals surface area contributed by atoms with Gasteiger partial charge in [0.25, 0.3) is 0 Å². The van der Waals surface area contributed by atoms with Crippen molar-refractivity contribution in [2.24, 2.45) is 5.92 Å². The SMILES string of the molecule is CC1=C(c2ccccc2)N(C2CCCCC2)C(C2CCCC2)N1c1ccccc1C. The molecule has 1 heterocycles. The molecule has 30 heavy (non-hydrogen) atoms. The third kappa shape index (κ3) is 3.45. The molecule has 1 aliphatic heterocycles. The summed E-state index contributed by atoms with van der Waals surface area (Å²) >= 11 is 0. The minimum atomic E-state index is 0.465. The molecule has 2 aliphatic carbocycles. The number of allylic oxidation sites excluding steroid dienone is 1. The Kier molecular flexibility index (Phi) is 5.58. The number of hydrogen-bond acceptors (Lipinski definition) is 2. The summed E-state index contributed by atoms with van der Waals surface area (Å²) in [5.41, 5.74) is 7.11. The van der Waals surface area contributed by atoms with E-state index in [4.69, 9.17) is 0 Å². The summed E-state index contributed by atoms with van der Waals surface area (Å²) in [4.78, 5) is 5.62. The molecule has 0 bridgehead atoms. The molecule has 3 aliphatic rings. The average Bonchev–Trinajstić information content (AvgIpc) is 3.41. The molecule has 1 unspecified atom stereocenters. The number of para-hydroxylation sites is 1. The molecule has 2 nitrogen and oxygen atoms in total. The lowest BCUT2D eigenvalue weighted by Gasteiger charge is -2.44. The van der Waals surface area contributed by atoms with Crippen LogP contribution in [-0.2, 0) is 0 Å². The lowest BCUT2D eigenvalue weighted by Crippen LogP contribution is -2.50. The Bertz CT molecular complexity index is 888. The molecule has 2 heteroatoms. The smallest absolute Gasteiger partial charge is 0.109 e. The van der Waals surface area contributed by atoms with E-state index in [2.05, 4.69) is 78.2 Å². The number of benzene rings is 2. The third-order valence-corrected chi connectivity index (χ3v) is 7.72. The van der Waals surface area contributed by atoms with Gasteiger partial charge in [-0.1, -0.05) is 80.6 Å². The van der Waals surface area contributed by atoms with Gasteiger partial charge in [-0.3, -0.25) is 0 Å². The zero-order valence-electron chi connectivity index (χ0n) is 18.7. The van der Waals surface area contributed by atoms with E-state index < -0.39 is 0 Å². The minimum absolute atomic E-state index is 0.465. The van der Waals surface area contributed by atoms with Gasteiger partial charge in [0.1, 0.15) is 6.17 Å². The number of hydrogen-bond donors (Lipinski definition) is 0. The molecule has 0 aromatic heterocycles. The van der Waals surface area contributed by atoms with Gasteiger partial charge in [0, 0.05) is 17.4 Å². The van der Waals surface area contributed by atoms with Crippen molar-refractivity contribution in [2.75, 3.05) is 4.90 Å². The second kappa shape index (κ2) is 8.49. The Morgan fingerprint density at radius 1 is 0.700 bits per heavy atom. The van der Waals surface area contributed by atoms with E-state index in [1.165, 1.54) is 86.0 Å². The Morgan fingerprint density at radius 3 is 2.03 bits per heavy atom. The summed E-state index contributed by atoms with van der Waals surface area (Å²) in [6.07, 6.45) is 12.8. The molecule has 2 aromatic rings. The predicted molar refractivity (Wildman–Crippen MR) is 127 cm³/mol. The largest absolute Gasteiger partial charge is 0.346 e. The molecule has 1 atom stereocenters. The van der Waals surface area contributed by atoms with Crippen LogP contribution in [0, 0.1) is 12.8 Å². The van der Waals surface area contributed by atoms with Crippen molar-refractivity contribution < 1.29 is 0 Å². The van der Waals surface area contributed by atoms with E-state index in [0.717, 1.165) is 5.92 Å². The average molecular weight is 401 g/mol. The normalized spacial score (nSPS) is 23.6. The molecule has 0 amide bonds. The molecule has 2 saturated carbocycles. The number of nitrogens with zero attached hydrogens (tertiary/aromatic N) is 2. The van der Waals surface area contributed by atoms with E-state index in [-0.39, 0.29) is 0 Å². The van der Waals surface area contributed by atoms with E-state index >= 15 is 0 Å². The zero-order valence-corrected chi connectivity index (χ0v) is 18.7. The van der Waals surface area contributed by atoms with Crippen molar-refractivity contribution in [2.45, 2.75) is 83.8 Å². The van der Waals surface area contributed by atoms with Gasteiger partial charge >= 0.3 is 0 Å². The van der Waals surface area contributed by atoms with Crippen molar-refractivity contribution in [3.8, 4) is 0 Å². The maximum Gasteiger partial charge on any atom is 0.109 e. The van der Waals surface area contributed by atoms with Gasteiger partial charge in [0.15, 0.2) is 0 Å². The van der Waals surface area contributed by atoms with Crippen LogP contribution in [0.3, 0.4) is 0 Å². The summed E-state index contributed by atoms with van der Waals surface area (Å²) in [5.74, 6) is 0.752. The predicted octanol–water partition coefficient (Wildman–Crippen LogP) is 7.35. The molecule has 0 N–H and O–H groups in total. The van der Waals surface area contributed by atoms with Crippen LogP contribution in [0.1, 0.15) is 75.8 Å². The van der Waals surface area contributed by atoms with Crippen molar-refractivity contribution >= 4 is 11.4 Å². The first-order chi connectivity index (χ1) is 14.8. The molecule has 158 valence electrons. The third-order valence-electron chi connectivity index (χ3n) is 7.72. The fourth-order valence-electron chi connectivity index (χ4n) is 6.32. The number of rotatable bonds is 4. The highest BCUT2D eigenvalue weighted by molar-refractivity contribution is 5.77. The summed E-state index contributed by atoms with van der Waals surface area (Å²) in [7, 11) is 0. The number of aryl methyl sites for hydroxylation is 1. The van der Waals surface area contributed by atoms with E-state index in [0.29, 0.717) is 12.2 Å². The fraction of sp³-hybridized carbons (Fsp3) is 0.500. The van der Waals surface area contributed by atoms with Crippen LogP contribution in [0.5, 0.6) is 0 Å². The molecule has 2 fully saturated rings. The second-order valence-corrected chi connectivity index (χ2v) is 9.61. The zero-order chi connectivity index (χ0) is 20.5. The van der Waals surface area contributed by atoms with Gasteiger partial charge in [0.05, 0.1) is 5.70 Å². The Balaban J connectivity index is 1.67. The first-order valence-electron chi connectivity index (χ1n) is 12.1. The molecule has 0 radical (unpaired) electrons. The highest BCUT2D eigenvalue weighted by atomic mass is 15.4. The van der Waals surface area contributed by atoms with Gasteiger partial charge in [-0.25, -0.2) is 0 Å². The van der Waals surface area contributed by atoms with Crippen LogP contribution in [0.15, 0.2) is 60.3 Å². The van der Waals surface area contributed by atoms with Gasteiger partial charge in [0.2, 0.25) is 0 Å². The van der Waals surface area contributed by atoms with Gasteiger partial charge < -0.3 is 9.80 Å². The molecule has 0 spiro atoms. The van der Waals surface area contributed by atoms with Gasteiger partial charge in [-0.05, 0) is 62.6 Å². The van der Waals surface area contributed by atoms with Crippen LogP contribution in [0.4, 0.5) is 5.69 Å². The topological polar surface area (TPSA) is 6.48 Å². The molecular formula is C28H36N2. The molecule has 0 saturated heterocycles. The number of anilines is 1. The Labute approximate surface area is 182 Å². The monoisotopic (exact) mass is 400 g/mol. The molecular weight excluding hydrogens is 364 g/mol. The molecule has 5 rings (SSSR count). The highest BCUT2D eigenvalue weighted by Gasteiger charge is 2.45. The van der Waals surface area contributed by atoms with E-state index in [9.17, 15) is 0 Å². The summed E-state index contributed by atoms with van der Waals surface area (Å²) in [5, 5.41) is 0. The Morgan fingerprint density at radius 2 is 1.33 bits per heavy atom. The highest BCUT2D eigenvalue weighted by Crippen LogP contribution is 2.48. The maximum absolute atomic E-state index is 2.90. The second-order valence-electron chi connectivity index (χ2n) is 9.61. The maximum atomic E-state index is 2.90. The standard InChI is InChI=1S/C28H36N2/c1-21-13-9-12-20-26(21)29-22(2)27(23-14-5-3-6-15-23)30(25-18-7-4-8-19-25)28(29)24-16-10-11-17-24/h3,5-6,9,12-15,20,24-25,28H,4,7-8,10-11,16-19H2,1-2H3. The Hall–Kier alpha value is -2.22. The summed E-state index contributed by atoms with van der Waals surface area (Å²) in [6, 6.07) is 20.9. The fourth-order valence-corrected chi connectivity index (χ4v) is 6.32. The van der Waals surface area contributed by atoms with Crippen molar-refractivity contribution in [3.05, 3.63) is 71.4 Å². The quantitative estimate of drug-likeness (QED) is 0.529. The van der Waals surface area contributed by atoms with Crippen molar-refractivity contribution in [1.82, 2.24) is 4.90 Å². The lowest BCUT2D eigenvalue weighted by molar-refractivity contribution is 0.148. The van der Waals surface area contributed by atoms with Crippen LogP contribution in [0.2, 0.25) is 0 Å². The summed E-state index contributed by atoms with van der Waals surface area (Å²) in [6.45, 7) is 4.65. The van der Waals surface area contributed by atoms with Crippen LogP contribution in [0.25, 0.3) is 5.70 Å². The lowest BCUT2D eigenvalue weighted by atomic mass is 9.91. The van der Waals surface area contributed by atoms with E-state index in [1.807, 2.05) is 0 Å². The van der Waals surface area contributed by atoms with Gasteiger partial charge in [-0.15, -0.1) is 0 Å². The van der Waals surface area contributed by atoms with Crippen molar-refractivity contribution in [1.29, 1.82) is 0 Å². The molecule has 2 aromatic carbocycles. The van der Waals surface area contributed by atoms with Crippen LogP contribution < -0.4 is 4.90 Å². The van der Waals surface area contributed by atoms with Crippen LogP contribution in [-0.4, -0.2) is 17.1 Å². The minimum Gasteiger partial charge on any atom is -0.346 e. The first-order valence-corrected chi connectivity index (χ1v) is 12.1.